The second-order valence-corrected chi connectivity index (χ2v) is 4.51. The second-order valence-electron chi connectivity index (χ2n) is 4.51. The minimum Gasteiger partial charge on any atom is -0.508 e. The number of phenols is 1. The lowest BCUT2D eigenvalue weighted by molar-refractivity contribution is -0.144. The fraction of sp³-hybridized carbons (Fsp3) is 0.462. The summed E-state index contributed by atoms with van der Waals surface area (Å²) in [5, 5.41) is 21.7. The predicted octanol–water partition coefficient (Wildman–Crippen LogP) is 1.08. The summed E-state index contributed by atoms with van der Waals surface area (Å²) in [5.41, 5.74) is 0. The van der Waals surface area contributed by atoms with E-state index in [0.717, 1.165) is 19.5 Å². The predicted molar refractivity (Wildman–Crippen MR) is 65.7 cm³/mol. The van der Waals surface area contributed by atoms with Gasteiger partial charge in [-0.05, 0) is 37.6 Å². The maximum Gasteiger partial charge on any atom is 0.310 e. The van der Waals surface area contributed by atoms with Crippen molar-refractivity contribution in [1.29, 1.82) is 0 Å². The smallest absolute Gasteiger partial charge is 0.310 e. The van der Waals surface area contributed by atoms with Gasteiger partial charge in [-0.3, -0.25) is 4.79 Å². The largest absolute Gasteiger partial charge is 0.508 e. The van der Waals surface area contributed by atoms with Gasteiger partial charge in [-0.15, -0.1) is 0 Å². The van der Waals surface area contributed by atoms with Crippen LogP contribution in [0.25, 0.3) is 0 Å². The van der Waals surface area contributed by atoms with Crippen LogP contribution in [-0.2, 0) is 4.79 Å². The van der Waals surface area contributed by atoms with Crippen molar-refractivity contribution in [1.82, 2.24) is 5.32 Å². The minimum atomic E-state index is -0.830. The van der Waals surface area contributed by atoms with E-state index in [2.05, 4.69) is 5.32 Å². The lowest BCUT2D eigenvalue weighted by atomic mass is 9.92. The monoisotopic (exact) mass is 251 g/mol. The van der Waals surface area contributed by atoms with Crippen LogP contribution < -0.4 is 10.1 Å². The van der Waals surface area contributed by atoms with E-state index in [0.29, 0.717) is 5.75 Å². The Morgan fingerprint density at radius 1 is 1.56 bits per heavy atom. The quantitative estimate of drug-likeness (QED) is 0.730. The Morgan fingerprint density at radius 3 is 3.00 bits per heavy atom. The number of hydrogen-bond acceptors (Lipinski definition) is 4. The van der Waals surface area contributed by atoms with Gasteiger partial charge in [0.1, 0.15) is 18.1 Å². The summed E-state index contributed by atoms with van der Waals surface area (Å²) in [6.45, 7) is 1.71. The van der Waals surface area contributed by atoms with Gasteiger partial charge in [0.05, 0.1) is 5.92 Å². The van der Waals surface area contributed by atoms with Crippen molar-refractivity contribution in [3.63, 3.8) is 0 Å². The van der Waals surface area contributed by atoms with Gasteiger partial charge in [-0.25, -0.2) is 0 Å². The van der Waals surface area contributed by atoms with Crippen molar-refractivity contribution in [2.24, 2.45) is 11.8 Å². The zero-order valence-corrected chi connectivity index (χ0v) is 10.0. The van der Waals surface area contributed by atoms with Gasteiger partial charge >= 0.3 is 5.97 Å². The van der Waals surface area contributed by atoms with Gasteiger partial charge in [0, 0.05) is 6.07 Å². The Kier molecular flexibility index (Phi) is 4.04. The van der Waals surface area contributed by atoms with E-state index in [-0.39, 0.29) is 18.3 Å². The van der Waals surface area contributed by atoms with Crippen molar-refractivity contribution < 1.29 is 19.7 Å². The van der Waals surface area contributed by atoms with Crippen molar-refractivity contribution in [2.75, 3.05) is 19.7 Å². The molecule has 2 unspecified atom stereocenters. The molecule has 0 bridgehead atoms. The third kappa shape index (κ3) is 3.13. The van der Waals surface area contributed by atoms with E-state index in [9.17, 15) is 15.0 Å². The van der Waals surface area contributed by atoms with Crippen LogP contribution in [0.4, 0.5) is 0 Å². The number of carbonyl (C=O) groups is 1. The molecule has 0 saturated carbocycles. The van der Waals surface area contributed by atoms with Crippen LogP contribution in [0.1, 0.15) is 6.42 Å². The highest BCUT2D eigenvalue weighted by molar-refractivity contribution is 5.70. The van der Waals surface area contributed by atoms with E-state index in [1.54, 1.807) is 18.2 Å². The molecule has 2 rings (SSSR count). The number of carboxylic acid groups (broad SMARTS) is 1. The first-order chi connectivity index (χ1) is 8.66. The van der Waals surface area contributed by atoms with Gasteiger partial charge < -0.3 is 20.3 Å². The summed E-state index contributed by atoms with van der Waals surface area (Å²) in [4.78, 5) is 11.2. The average molecular weight is 251 g/mol. The maximum absolute atomic E-state index is 11.2. The highest BCUT2D eigenvalue weighted by Crippen LogP contribution is 2.23. The van der Waals surface area contributed by atoms with E-state index < -0.39 is 11.9 Å². The van der Waals surface area contributed by atoms with E-state index >= 15 is 0 Å². The van der Waals surface area contributed by atoms with Gasteiger partial charge in [0.2, 0.25) is 0 Å². The molecule has 0 aromatic heterocycles. The van der Waals surface area contributed by atoms with Gasteiger partial charge in [0.25, 0.3) is 0 Å². The molecule has 2 atom stereocenters. The van der Waals surface area contributed by atoms with Gasteiger partial charge in [-0.1, -0.05) is 6.07 Å². The SMILES string of the molecule is O=C(O)C(COc1cccc(O)c1)C1CCNC1. The van der Waals surface area contributed by atoms with E-state index in [1.165, 1.54) is 6.07 Å². The average Bonchev–Trinajstić information content (AvgIpc) is 2.82. The third-order valence-electron chi connectivity index (χ3n) is 3.23. The normalized spacial score (nSPS) is 20.6. The van der Waals surface area contributed by atoms with Crippen molar-refractivity contribution in [3.8, 4) is 11.5 Å². The molecule has 5 nitrogen and oxygen atoms in total. The number of rotatable bonds is 5. The van der Waals surface area contributed by atoms with E-state index in [4.69, 9.17) is 4.74 Å². The molecule has 98 valence electrons. The first kappa shape index (κ1) is 12.7. The van der Waals surface area contributed by atoms with Crippen LogP contribution >= 0.6 is 0 Å². The van der Waals surface area contributed by atoms with Gasteiger partial charge in [0.15, 0.2) is 0 Å². The molecular formula is C13H17NO4. The van der Waals surface area contributed by atoms with Crippen molar-refractivity contribution in [2.45, 2.75) is 6.42 Å². The molecule has 18 heavy (non-hydrogen) atoms. The Hall–Kier alpha value is -1.75. The molecule has 3 N–H and O–H groups in total. The van der Waals surface area contributed by atoms with Crippen LogP contribution in [-0.4, -0.2) is 35.9 Å². The number of phenolic OH excluding ortho intramolecular Hbond substituents is 1. The van der Waals surface area contributed by atoms with E-state index in [1.807, 2.05) is 0 Å². The van der Waals surface area contributed by atoms with Crippen LogP contribution in [0.15, 0.2) is 24.3 Å². The summed E-state index contributed by atoms with van der Waals surface area (Å²) in [7, 11) is 0. The number of nitrogens with one attached hydrogen (secondary N) is 1. The highest BCUT2D eigenvalue weighted by Gasteiger charge is 2.31. The standard InChI is InChI=1S/C13H17NO4/c15-10-2-1-3-11(6-10)18-8-12(13(16)17)9-4-5-14-7-9/h1-3,6,9,12,14-15H,4-5,7-8H2,(H,16,17). The number of benzene rings is 1. The summed E-state index contributed by atoms with van der Waals surface area (Å²) >= 11 is 0. The number of aromatic hydroxyl groups is 1. The Morgan fingerprint density at radius 2 is 2.39 bits per heavy atom. The Labute approximate surface area is 105 Å². The molecule has 1 fully saturated rings. The molecular weight excluding hydrogens is 234 g/mol. The van der Waals surface area contributed by atoms with Crippen molar-refractivity contribution in [3.05, 3.63) is 24.3 Å². The first-order valence-corrected chi connectivity index (χ1v) is 6.02. The van der Waals surface area contributed by atoms with Crippen LogP contribution in [0, 0.1) is 11.8 Å². The fourth-order valence-corrected chi connectivity index (χ4v) is 2.19. The molecule has 1 aliphatic rings. The maximum atomic E-state index is 11.2. The summed E-state index contributed by atoms with van der Waals surface area (Å²) in [6, 6.07) is 6.39. The number of aliphatic carboxylic acids is 1. The molecule has 0 amide bonds. The molecule has 0 spiro atoms. The molecule has 1 aliphatic heterocycles. The summed E-state index contributed by atoms with van der Waals surface area (Å²) in [5.74, 6) is -0.625. The zero-order valence-electron chi connectivity index (χ0n) is 10.0. The molecule has 1 heterocycles. The van der Waals surface area contributed by atoms with Crippen molar-refractivity contribution >= 4 is 5.97 Å². The highest BCUT2D eigenvalue weighted by atomic mass is 16.5. The minimum absolute atomic E-state index is 0.111. The molecule has 1 aromatic carbocycles. The number of ether oxygens (including phenoxy) is 1. The van der Waals surface area contributed by atoms with Crippen LogP contribution in [0.5, 0.6) is 11.5 Å². The lowest BCUT2D eigenvalue weighted by Crippen LogP contribution is -2.30. The number of carboxylic acids is 1. The topological polar surface area (TPSA) is 78.8 Å². The third-order valence-corrected chi connectivity index (χ3v) is 3.23. The Bertz CT molecular complexity index is 415. The first-order valence-electron chi connectivity index (χ1n) is 6.02. The second kappa shape index (κ2) is 5.73. The fourth-order valence-electron chi connectivity index (χ4n) is 2.19. The molecule has 5 heteroatoms. The zero-order chi connectivity index (χ0) is 13.0. The summed E-state index contributed by atoms with van der Waals surface area (Å²) < 4.78 is 5.45. The molecule has 0 radical (unpaired) electrons. The molecule has 1 saturated heterocycles. The Balaban J connectivity index is 1.95. The van der Waals surface area contributed by atoms with Crippen LogP contribution in [0.2, 0.25) is 0 Å². The molecule has 1 aromatic rings. The van der Waals surface area contributed by atoms with Crippen LogP contribution in [0.3, 0.4) is 0 Å². The number of hydrogen-bond donors (Lipinski definition) is 3. The molecule has 0 aliphatic carbocycles. The summed E-state index contributed by atoms with van der Waals surface area (Å²) in [6.07, 6.45) is 0.861. The lowest BCUT2D eigenvalue weighted by Gasteiger charge is -2.19. The van der Waals surface area contributed by atoms with Gasteiger partial charge in [-0.2, -0.15) is 0 Å².